The van der Waals surface area contributed by atoms with Crippen LogP contribution in [0.5, 0.6) is 0 Å². The molecule has 1 aromatic rings. The molecule has 2 rings (SSSR count). The minimum absolute atomic E-state index is 0.0266. The summed E-state index contributed by atoms with van der Waals surface area (Å²) in [4.78, 5) is 0.218. The lowest BCUT2D eigenvalue weighted by Crippen LogP contribution is -2.19. The average Bonchev–Trinajstić information content (AvgIpc) is 2.28. The molecule has 1 aliphatic heterocycles. The van der Waals surface area contributed by atoms with Gasteiger partial charge in [0.1, 0.15) is 0 Å². The van der Waals surface area contributed by atoms with Crippen LogP contribution in [0.25, 0.3) is 0 Å². The Morgan fingerprint density at radius 3 is 2.39 bits per heavy atom. The van der Waals surface area contributed by atoms with Crippen molar-refractivity contribution < 1.29 is 17.9 Å². The number of benzene rings is 1. The highest BCUT2D eigenvalue weighted by molar-refractivity contribution is 8.00. The summed E-state index contributed by atoms with van der Waals surface area (Å²) in [7, 11) is 0. The molecule has 0 unspecified atom stereocenters. The minimum atomic E-state index is -4.22. The third-order valence-electron chi connectivity index (χ3n) is 2.96. The number of hydrogen-bond donors (Lipinski definition) is 0. The molecule has 0 aliphatic carbocycles. The Bertz CT molecular complexity index is 388. The van der Waals surface area contributed by atoms with Gasteiger partial charge in [0.05, 0.1) is 12.2 Å². The third-order valence-corrected chi connectivity index (χ3v) is 3.70. The molecule has 1 aromatic carbocycles. The Labute approximate surface area is 109 Å². The first-order valence-corrected chi connectivity index (χ1v) is 6.77. The first kappa shape index (κ1) is 13.7. The van der Waals surface area contributed by atoms with Crippen molar-refractivity contribution in [2.45, 2.75) is 48.8 Å². The van der Waals surface area contributed by atoms with Crippen LogP contribution >= 0.6 is 11.8 Å². The largest absolute Gasteiger partial charge is 0.446 e. The van der Waals surface area contributed by atoms with Crippen LogP contribution < -0.4 is 0 Å². The molecule has 18 heavy (non-hydrogen) atoms. The van der Waals surface area contributed by atoms with Crippen molar-refractivity contribution in [3.8, 4) is 0 Å². The number of hydrogen-bond acceptors (Lipinski definition) is 2. The van der Waals surface area contributed by atoms with Crippen LogP contribution in [0, 0.1) is 0 Å². The zero-order valence-electron chi connectivity index (χ0n) is 10.0. The van der Waals surface area contributed by atoms with Crippen molar-refractivity contribution in [1.82, 2.24) is 0 Å². The maximum absolute atomic E-state index is 12.2. The van der Waals surface area contributed by atoms with E-state index in [0.29, 0.717) is 0 Å². The van der Waals surface area contributed by atoms with Gasteiger partial charge >= 0.3 is 5.51 Å². The Morgan fingerprint density at radius 1 is 1.17 bits per heavy atom. The van der Waals surface area contributed by atoms with E-state index in [1.807, 2.05) is 6.92 Å². The van der Waals surface area contributed by atoms with Gasteiger partial charge in [0.25, 0.3) is 0 Å². The third kappa shape index (κ3) is 3.92. The van der Waals surface area contributed by atoms with Gasteiger partial charge in [-0.05, 0) is 55.6 Å². The van der Waals surface area contributed by atoms with E-state index in [0.717, 1.165) is 24.8 Å². The highest BCUT2D eigenvalue weighted by Gasteiger charge is 2.29. The van der Waals surface area contributed by atoms with Gasteiger partial charge in [0, 0.05) is 4.90 Å². The Balaban J connectivity index is 2.03. The van der Waals surface area contributed by atoms with Crippen molar-refractivity contribution in [3.05, 3.63) is 29.8 Å². The molecular weight excluding hydrogens is 261 g/mol. The van der Waals surface area contributed by atoms with E-state index in [2.05, 4.69) is 0 Å². The zero-order chi connectivity index (χ0) is 13.2. The normalized spacial score (nSPS) is 25.1. The monoisotopic (exact) mass is 276 g/mol. The lowest BCUT2D eigenvalue weighted by Gasteiger charge is -2.28. The molecule has 0 spiro atoms. The fraction of sp³-hybridized carbons (Fsp3) is 0.538. The molecule has 1 saturated heterocycles. The summed E-state index contributed by atoms with van der Waals surface area (Å²) >= 11 is -0.0842. The van der Waals surface area contributed by atoms with Crippen LogP contribution in [0.1, 0.15) is 37.9 Å². The molecule has 0 bridgehead atoms. The quantitative estimate of drug-likeness (QED) is 0.708. The van der Waals surface area contributed by atoms with Gasteiger partial charge in [-0.15, -0.1) is 0 Å². The smallest absolute Gasteiger partial charge is 0.371 e. The lowest BCUT2D eigenvalue weighted by molar-refractivity contribution is -0.0414. The molecule has 1 fully saturated rings. The zero-order valence-corrected chi connectivity index (χ0v) is 10.9. The van der Waals surface area contributed by atoms with E-state index in [4.69, 9.17) is 4.74 Å². The van der Waals surface area contributed by atoms with Crippen LogP contribution in [0.3, 0.4) is 0 Å². The number of ether oxygens (including phenoxy) is 1. The molecule has 5 heteroatoms. The second-order valence-electron chi connectivity index (χ2n) is 4.48. The summed E-state index contributed by atoms with van der Waals surface area (Å²) in [5, 5.41) is 0. The lowest BCUT2D eigenvalue weighted by atomic mass is 9.99. The van der Waals surface area contributed by atoms with Crippen LogP contribution in [0.4, 0.5) is 13.2 Å². The second-order valence-corrected chi connectivity index (χ2v) is 5.62. The summed E-state index contributed by atoms with van der Waals surface area (Å²) < 4.78 is 42.3. The molecule has 100 valence electrons. The average molecular weight is 276 g/mol. The van der Waals surface area contributed by atoms with Gasteiger partial charge in [-0.1, -0.05) is 12.1 Å². The second kappa shape index (κ2) is 5.53. The molecule has 0 saturated carbocycles. The van der Waals surface area contributed by atoms with E-state index < -0.39 is 5.51 Å². The van der Waals surface area contributed by atoms with Crippen LogP contribution in [-0.4, -0.2) is 11.6 Å². The molecular formula is C13H15F3OS. The predicted molar refractivity (Wildman–Crippen MR) is 65.5 cm³/mol. The molecule has 0 amide bonds. The molecule has 1 nitrogen and oxygen atoms in total. The standard InChI is InChI=1S/C13H15F3OS/c1-9-3-2-4-12(17-9)10-5-7-11(8-6-10)18-13(14,15)16/h5-9,12H,2-4H2,1H3/t9-,12-/m0/s1. The van der Waals surface area contributed by atoms with Crippen molar-refractivity contribution in [2.75, 3.05) is 0 Å². The highest BCUT2D eigenvalue weighted by atomic mass is 32.2. The van der Waals surface area contributed by atoms with Gasteiger partial charge in [0.15, 0.2) is 0 Å². The van der Waals surface area contributed by atoms with Crippen molar-refractivity contribution in [2.24, 2.45) is 0 Å². The fourth-order valence-corrected chi connectivity index (χ4v) is 2.68. The Kier molecular flexibility index (Phi) is 4.22. The first-order valence-electron chi connectivity index (χ1n) is 5.95. The van der Waals surface area contributed by atoms with Gasteiger partial charge in [-0.2, -0.15) is 13.2 Å². The summed E-state index contributed by atoms with van der Waals surface area (Å²) in [6.07, 6.45) is 3.35. The molecule has 0 aromatic heterocycles. The van der Waals surface area contributed by atoms with Gasteiger partial charge < -0.3 is 4.74 Å². The van der Waals surface area contributed by atoms with Gasteiger partial charge in [-0.3, -0.25) is 0 Å². The predicted octanol–water partition coefficient (Wildman–Crippen LogP) is 4.93. The summed E-state index contributed by atoms with van der Waals surface area (Å²) in [5.74, 6) is 0. The fourth-order valence-electron chi connectivity index (χ4n) is 2.14. The van der Waals surface area contributed by atoms with E-state index >= 15 is 0 Å². The summed E-state index contributed by atoms with van der Waals surface area (Å²) in [6, 6.07) is 6.49. The van der Waals surface area contributed by atoms with Gasteiger partial charge in [0.2, 0.25) is 0 Å². The molecule has 1 aliphatic rings. The van der Waals surface area contributed by atoms with Crippen molar-refractivity contribution in [1.29, 1.82) is 0 Å². The van der Waals surface area contributed by atoms with Crippen molar-refractivity contribution >= 4 is 11.8 Å². The Morgan fingerprint density at radius 2 is 1.83 bits per heavy atom. The van der Waals surface area contributed by atoms with Gasteiger partial charge in [-0.25, -0.2) is 0 Å². The molecule has 1 heterocycles. The van der Waals surface area contributed by atoms with E-state index in [1.165, 1.54) is 12.1 Å². The molecule has 0 N–H and O–H groups in total. The molecule has 2 atom stereocenters. The SMILES string of the molecule is C[C@H]1CCC[C@@H](c2ccc(SC(F)(F)F)cc2)O1. The summed E-state index contributed by atoms with van der Waals surface area (Å²) in [6.45, 7) is 2.03. The summed E-state index contributed by atoms with van der Waals surface area (Å²) in [5.41, 5.74) is -3.26. The number of alkyl halides is 3. The maximum atomic E-state index is 12.2. The van der Waals surface area contributed by atoms with E-state index in [1.54, 1.807) is 12.1 Å². The van der Waals surface area contributed by atoms with Crippen molar-refractivity contribution in [3.63, 3.8) is 0 Å². The van der Waals surface area contributed by atoms with E-state index in [9.17, 15) is 13.2 Å². The topological polar surface area (TPSA) is 9.23 Å². The maximum Gasteiger partial charge on any atom is 0.446 e. The van der Waals surface area contributed by atoms with Crippen LogP contribution in [-0.2, 0) is 4.74 Å². The number of rotatable bonds is 2. The molecule has 0 radical (unpaired) electrons. The van der Waals surface area contributed by atoms with Crippen LogP contribution in [0.15, 0.2) is 29.2 Å². The number of thioether (sulfide) groups is 1. The van der Waals surface area contributed by atoms with Crippen LogP contribution in [0.2, 0.25) is 0 Å². The Hall–Kier alpha value is -0.680. The number of halogens is 3. The minimum Gasteiger partial charge on any atom is -0.371 e. The first-order chi connectivity index (χ1) is 8.44. The highest BCUT2D eigenvalue weighted by Crippen LogP contribution is 2.38. The van der Waals surface area contributed by atoms with E-state index in [-0.39, 0.29) is 28.9 Å².